The number of methoxy groups -OCH3 is 1. The Kier molecular flexibility index (Phi) is 4.69. The van der Waals surface area contributed by atoms with Gasteiger partial charge >= 0.3 is 0 Å². The molecule has 1 atom stereocenters. The summed E-state index contributed by atoms with van der Waals surface area (Å²) in [7, 11) is 1.64. The van der Waals surface area contributed by atoms with Crippen LogP contribution in [0.15, 0.2) is 24.3 Å². The molecule has 0 aliphatic heterocycles. The van der Waals surface area contributed by atoms with E-state index in [0.29, 0.717) is 13.1 Å². The van der Waals surface area contributed by atoms with E-state index in [1.807, 2.05) is 24.3 Å². The van der Waals surface area contributed by atoms with E-state index in [1.54, 1.807) is 7.11 Å². The van der Waals surface area contributed by atoms with Crippen molar-refractivity contribution in [3.63, 3.8) is 0 Å². The molecule has 0 spiro atoms. The van der Waals surface area contributed by atoms with Gasteiger partial charge in [-0.2, -0.15) is 0 Å². The number of hydrogen-bond donors (Lipinski definition) is 2. The molecule has 3 nitrogen and oxygen atoms in total. The average molecular weight is 204 g/mol. The molecule has 0 radical (unpaired) electrons. The average Bonchev–Trinajstić information content (AvgIpc) is 2.31. The van der Waals surface area contributed by atoms with Crippen LogP contribution in [-0.4, -0.2) is 20.2 Å². The molecule has 0 aromatic heterocycles. The molecule has 80 valence electrons. The lowest BCUT2D eigenvalue weighted by Crippen LogP contribution is -2.28. The molecule has 0 saturated heterocycles. The summed E-state index contributed by atoms with van der Waals surface area (Å²) in [6.07, 6.45) is 5.18. The zero-order chi connectivity index (χ0) is 11.1. The van der Waals surface area contributed by atoms with Crippen LogP contribution in [0.1, 0.15) is 11.6 Å². The molecule has 0 aliphatic carbocycles. The fourth-order valence-electron chi connectivity index (χ4n) is 1.36. The Hall–Kier alpha value is -1.50. The van der Waals surface area contributed by atoms with Crippen molar-refractivity contribution in [2.75, 3.05) is 20.2 Å². The molecule has 1 rings (SSSR count). The second-order valence-corrected chi connectivity index (χ2v) is 3.15. The molecule has 1 aromatic rings. The molecule has 0 amide bonds. The summed E-state index contributed by atoms with van der Waals surface area (Å²) in [4.78, 5) is 0. The van der Waals surface area contributed by atoms with Crippen molar-refractivity contribution in [1.82, 2.24) is 5.32 Å². The maximum atomic E-state index is 5.65. The van der Waals surface area contributed by atoms with Gasteiger partial charge in [-0.25, -0.2) is 0 Å². The van der Waals surface area contributed by atoms with Gasteiger partial charge in [-0.1, -0.05) is 18.1 Å². The summed E-state index contributed by atoms with van der Waals surface area (Å²) >= 11 is 0. The fraction of sp³-hybridized carbons (Fsp3) is 0.333. The van der Waals surface area contributed by atoms with Crippen LogP contribution in [0.2, 0.25) is 0 Å². The van der Waals surface area contributed by atoms with Crippen molar-refractivity contribution in [3.8, 4) is 18.1 Å². The van der Waals surface area contributed by atoms with Gasteiger partial charge in [0, 0.05) is 12.6 Å². The minimum atomic E-state index is 0.104. The third-order valence-corrected chi connectivity index (χ3v) is 2.20. The van der Waals surface area contributed by atoms with Gasteiger partial charge in [0.1, 0.15) is 5.75 Å². The molecule has 0 aliphatic rings. The standard InChI is InChI=1S/C12H16N2O/c1-3-8-14-12(9-13)10-4-6-11(15-2)7-5-10/h1,4-7,12,14H,8-9,13H2,2H3. The topological polar surface area (TPSA) is 47.3 Å². The Bertz CT molecular complexity index is 326. The van der Waals surface area contributed by atoms with Crippen LogP contribution in [0.5, 0.6) is 5.75 Å². The van der Waals surface area contributed by atoms with E-state index in [9.17, 15) is 0 Å². The van der Waals surface area contributed by atoms with Crippen molar-refractivity contribution in [1.29, 1.82) is 0 Å². The SMILES string of the molecule is C#CCNC(CN)c1ccc(OC)cc1. The first-order valence-corrected chi connectivity index (χ1v) is 4.82. The molecular weight excluding hydrogens is 188 g/mol. The molecule has 0 heterocycles. The molecule has 1 unspecified atom stereocenters. The van der Waals surface area contributed by atoms with E-state index >= 15 is 0 Å². The van der Waals surface area contributed by atoms with Crippen LogP contribution in [0.25, 0.3) is 0 Å². The summed E-state index contributed by atoms with van der Waals surface area (Å²) in [5.74, 6) is 3.37. The highest BCUT2D eigenvalue weighted by Crippen LogP contribution is 2.16. The van der Waals surface area contributed by atoms with E-state index < -0.39 is 0 Å². The number of benzene rings is 1. The van der Waals surface area contributed by atoms with E-state index in [2.05, 4.69) is 11.2 Å². The van der Waals surface area contributed by atoms with Gasteiger partial charge in [-0.3, -0.25) is 5.32 Å². The summed E-state index contributed by atoms with van der Waals surface area (Å²) < 4.78 is 5.08. The number of rotatable bonds is 5. The first kappa shape index (κ1) is 11.6. The van der Waals surface area contributed by atoms with E-state index in [-0.39, 0.29) is 6.04 Å². The normalized spacial score (nSPS) is 11.8. The second kappa shape index (κ2) is 6.07. The molecule has 3 heteroatoms. The predicted octanol–water partition coefficient (Wildman–Crippen LogP) is 0.918. The van der Waals surface area contributed by atoms with E-state index in [4.69, 9.17) is 16.9 Å². The third-order valence-electron chi connectivity index (χ3n) is 2.20. The minimum absolute atomic E-state index is 0.104. The first-order valence-electron chi connectivity index (χ1n) is 4.82. The molecule has 0 saturated carbocycles. The summed E-state index contributed by atoms with van der Waals surface area (Å²) in [5.41, 5.74) is 6.77. The summed E-state index contributed by atoms with van der Waals surface area (Å²) in [6.45, 7) is 1.04. The number of nitrogens with one attached hydrogen (secondary N) is 1. The summed E-state index contributed by atoms with van der Waals surface area (Å²) in [5, 5.41) is 3.17. The van der Waals surface area contributed by atoms with Gasteiger partial charge in [-0.15, -0.1) is 6.42 Å². The van der Waals surface area contributed by atoms with Crippen LogP contribution in [0, 0.1) is 12.3 Å². The van der Waals surface area contributed by atoms with Crippen molar-refractivity contribution < 1.29 is 4.74 Å². The van der Waals surface area contributed by atoms with Gasteiger partial charge in [0.05, 0.1) is 13.7 Å². The fourth-order valence-corrected chi connectivity index (χ4v) is 1.36. The van der Waals surface area contributed by atoms with Gasteiger partial charge in [0.15, 0.2) is 0 Å². The molecule has 1 aromatic carbocycles. The lowest BCUT2D eigenvalue weighted by Gasteiger charge is -2.15. The highest BCUT2D eigenvalue weighted by Gasteiger charge is 2.07. The molecule has 3 N–H and O–H groups in total. The number of hydrogen-bond acceptors (Lipinski definition) is 3. The predicted molar refractivity (Wildman–Crippen MR) is 61.6 cm³/mol. The van der Waals surface area contributed by atoms with E-state index in [0.717, 1.165) is 11.3 Å². The smallest absolute Gasteiger partial charge is 0.118 e. The Morgan fingerprint density at radius 3 is 2.60 bits per heavy atom. The largest absolute Gasteiger partial charge is 0.497 e. The van der Waals surface area contributed by atoms with Crippen LogP contribution >= 0.6 is 0 Å². The van der Waals surface area contributed by atoms with Crippen molar-refractivity contribution in [2.24, 2.45) is 5.73 Å². The Morgan fingerprint density at radius 1 is 1.47 bits per heavy atom. The van der Waals surface area contributed by atoms with Gasteiger partial charge in [-0.05, 0) is 17.7 Å². The third kappa shape index (κ3) is 3.28. The van der Waals surface area contributed by atoms with Crippen molar-refractivity contribution in [3.05, 3.63) is 29.8 Å². The molecular formula is C12H16N2O. The molecule has 0 bridgehead atoms. The van der Waals surface area contributed by atoms with Crippen LogP contribution in [0.4, 0.5) is 0 Å². The Balaban J connectivity index is 2.70. The number of ether oxygens (including phenoxy) is 1. The summed E-state index contributed by atoms with van der Waals surface area (Å²) in [6, 6.07) is 7.90. The van der Waals surface area contributed by atoms with Crippen molar-refractivity contribution >= 4 is 0 Å². The minimum Gasteiger partial charge on any atom is -0.497 e. The van der Waals surface area contributed by atoms with Gasteiger partial charge < -0.3 is 10.5 Å². The first-order chi connectivity index (χ1) is 7.31. The highest BCUT2D eigenvalue weighted by molar-refractivity contribution is 5.29. The molecule has 0 fully saturated rings. The lowest BCUT2D eigenvalue weighted by atomic mass is 10.1. The maximum Gasteiger partial charge on any atom is 0.118 e. The maximum absolute atomic E-state index is 5.65. The highest BCUT2D eigenvalue weighted by atomic mass is 16.5. The van der Waals surface area contributed by atoms with Gasteiger partial charge in [0.2, 0.25) is 0 Å². The van der Waals surface area contributed by atoms with Crippen LogP contribution in [0.3, 0.4) is 0 Å². The number of terminal acetylenes is 1. The Morgan fingerprint density at radius 2 is 2.13 bits per heavy atom. The molecule has 15 heavy (non-hydrogen) atoms. The van der Waals surface area contributed by atoms with Gasteiger partial charge in [0.25, 0.3) is 0 Å². The van der Waals surface area contributed by atoms with Crippen molar-refractivity contribution in [2.45, 2.75) is 6.04 Å². The van der Waals surface area contributed by atoms with Crippen LogP contribution in [-0.2, 0) is 0 Å². The lowest BCUT2D eigenvalue weighted by molar-refractivity contribution is 0.414. The second-order valence-electron chi connectivity index (χ2n) is 3.15. The zero-order valence-corrected chi connectivity index (χ0v) is 8.86. The monoisotopic (exact) mass is 204 g/mol. The zero-order valence-electron chi connectivity index (χ0n) is 8.86. The van der Waals surface area contributed by atoms with E-state index in [1.165, 1.54) is 0 Å². The quantitative estimate of drug-likeness (QED) is 0.701. The van der Waals surface area contributed by atoms with Crippen LogP contribution < -0.4 is 15.8 Å². The Labute approximate surface area is 90.6 Å². The number of nitrogens with two attached hydrogens (primary N) is 1.